The second-order valence-electron chi connectivity index (χ2n) is 4.48. The van der Waals surface area contributed by atoms with Gasteiger partial charge in [-0.05, 0) is 18.6 Å². The number of rotatable bonds is 2. The summed E-state index contributed by atoms with van der Waals surface area (Å²) in [4.78, 5) is 19.7. The standard InChI is InChI=1S/C13H13N3O2/c17-13(18)9-4-6-16-8-15-12(11(16)7-9)10-3-1-2-5-14-10/h1-3,5,8-9H,4,6-7H2,(H,17,18). The highest BCUT2D eigenvalue weighted by atomic mass is 16.4. The molecular formula is C13H13N3O2. The van der Waals surface area contributed by atoms with Gasteiger partial charge in [-0.15, -0.1) is 0 Å². The maximum atomic E-state index is 11.1. The Balaban J connectivity index is 2.00. The van der Waals surface area contributed by atoms with E-state index >= 15 is 0 Å². The van der Waals surface area contributed by atoms with Gasteiger partial charge >= 0.3 is 5.97 Å². The average molecular weight is 243 g/mol. The first-order valence-corrected chi connectivity index (χ1v) is 5.94. The Morgan fingerprint density at radius 2 is 2.28 bits per heavy atom. The van der Waals surface area contributed by atoms with E-state index in [1.54, 1.807) is 12.5 Å². The third kappa shape index (κ3) is 1.77. The summed E-state index contributed by atoms with van der Waals surface area (Å²) in [5.74, 6) is -1.04. The quantitative estimate of drug-likeness (QED) is 0.869. The number of hydrogen-bond acceptors (Lipinski definition) is 3. The molecule has 0 amide bonds. The van der Waals surface area contributed by atoms with E-state index in [0.717, 1.165) is 17.1 Å². The maximum absolute atomic E-state index is 11.1. The number of imidazole rings is 1. The largest absolute Gasteiger partial charge is 0.481 e. The van der Waals surface area contributed by atoms with E-state index in [1.165, 1.54) is 0 Å². The van der Waals surface area contributed by atoms with Crippen LogP contribution in [0.25, 0.3) is 11.4 Å². The van der Waals surface area contributed by atoms with Gasteiger partial charge in [-0.25, -0.2) is 4.98 Å². The highest BCUT2D eigenvalue weighted by Gasteiger charge is 2.27. The number of hydrogen-bond donors (Lipinski definition) is 1. The lowest BCUT2D eigenvalue weighted by Gasteiger charge is -2.21. The minimum absolute atomic E-state index is 0.309. The molecular weight excluding hydrogens is 230 g/mol. The minimum Gasteiger partial charge on any atom is -0.481 e. The van der Waals surface area contributed by atoms with E-state index < -0.39 is 5.97 Å². The number of aromatic nitrogens is 3. The third-order valence-corrected chi connectivity index (χ3v) is 3.36. The average Bonchev–Trinajstić information content (AvgIpc) is 2.82. The SMILES string of the molecule is O=C(O)C1CCn2cnc(-c3ccccn3)c2C1. The summed E-state index contributed by atoms with van der Waals surface area (Å²) in [6.45, 7) is 0.714. The molecule has 0 aliphatic carbocycles. The predicted molar refractivity (Wildman–Crippen MR) is 64.9 cm³/mol. The normalized spacial score (nSPS) is 18.3. The van der Waals surface area contributed by atoms with E-state index in [0.29, 0.717) is 19.4 Å². The number of carboxylic acids is 1. The van der Waals surface area contributed by atoms with E-state index in [-0.39, 0.29) is 5.92 Å². The molecule has 0 aromatic carbocycles. The maximum Gasteiger partial charge on any atom is 0.306 e. The molecule has 0 radical (unpaired) electrons. The predicted octanol–water partition coefficient (Wildman–Crippen LogP) is 1.59. The van der Waals surface area contributed by atoms with Crippen LogP contribution in [0.4, 0.5) is 0 Å². The van der Waals surface area contributed by atoms with Crippen molar-refractivity contribution in [2.45, 2.75) is 19.4 Å². The fourth-order valence-corrected chi connectivity index (χ4v) is 2.37. The number of aryl methyl sites for hydroxylation is 1. The van der Waals surface area contributed by atoms with Gasteiger partial charge in [0.05, 0.1) is 17.9 Å². The number of carboxylic acid groups (broad SMARTS) is 1. The van der Waals surface area contributed by atoms with Crippen molar-refractivity contribution in [2.24, 2.45) is 5.92 Å². The first-order valence-electron chi connectivity index (χ1n) is 5.94. The number of aliphatic carboxylic acids is 1. The lowest BCUT2D eigenvalue weighted by Crippen LogP contribution is -2.25. The van der Waals surface area contributed by atoms with Crippen LogP contribution in [0.1, 0.15) is 12.1 Å². The molecule has 1 aliphatic rings. The van der Waals surface area contributed by atoms with Crippen molar-refractivity contribution in [3.63, 3.8) is 0 Å². The Kier molecular flexibility index (Phi) is 2.59. The molecule has 1 unspecified atom stereocenters. The minimum atomic E-state index is -0.727. The van der Waals surface area contributed by atoms with Crippen molar-refractivity contribution < 1.29 is 9.90 Å². The highest BCUT2D eigenvalue weighted by molar-refractivity contribution is 5.71. The van der Waals surface area contributed by atoms with Crippen LogP contribution in [0.3, 0.4) is 0 Å². The summed E-state index contributed by atoms with van der Waals surface area (Å²) >= 11 is 0. The monoisotopic (exact) mass is 243 g/mol. The fourth-order valence-electron chi connectivity index (χ4n) is 2.37. The Labute approximate surface area is 104 Å². The molecule has 0 saturated carbocycles. The van der Waals surface area contributed by atoms with Crippen LogP contribution in [0, 0.1) is 5.92 Å². The van der Waals surface area contributed by atoms with Gasteiger partial charge in [0.25, 0.3) is 0 Å². The summed E-state index contributed by atoms with van der Waals surface area (Å²) < 4.78 is 2.03. The van der Waals surface area contributed by atoms with Gasteiger partial charge in [-0.1, -0.05) is 6.07 Å². The molecule has 92 valence electrons. The summed E-state index contributed by atoms with van der Waals surface area (Å²) in [7, 11) is 0. The lowest BCUT2D eigenvalue weighted by atomic mass is 9.94. The second kappa shape index (κ2) is 4.25. The first kappa shape index (κ1) is 11.0. The summed E-state index contributed by atoms with van der Waals surface area (Å²) in [5.41, 5.74) is 2.59. The smallest absolute Gasteiger partial charge is 0.306 e. The van der Waals surface area contributed by atoms with E-state index in [4.69, 9.17) is 5.11 Å². The number of carbonyl (C=O) groups is 1. The van der Waals surface area contributed by atoms with Crippen molar-refractivity contribution in [1.29, 1.82) is 0 Å². The molecule has 5 heteroatoms. The molecule has 1 N–H and O–H groups in total. The molecule has 2 aromatic heterocycles. The zero-order valence-electron chi connectivity index (χ0n) is 9.78. The van der Waals surface area contributed by atoms with Gasteiger partial charge in [-0.3, -0.25) is 9.78 Å². The van der Waals surface area contributed by atoms with Crippen molar-refractivity contribution in [1.82, 2.24) is 14.5 Å². The summed E-state index contributed by atoms with van der Waals surface area (Å²) in [6.07, 6.45) is 4.69. The van der Waals surface area contributed by atoms with Crippen LogP contribution in [0.2, 0.25) is 0 Å². The molecule has 0 fully saturated rings. The number of pyridine rings is 1. The topological polar surface area (TPSA) is 68.0 Å². The van der Waals surface area contributed by atoms with Crippen molar-refractivity contribution in [3.05, 3.63) is 36.4 Å². The van der Waals surface area contributed by atoms with Gasteiger partial charge in [-0.2, -0.15) is 0 Å². The molecule has 0 spiro atoms. The van der Waals surface area contributed by atoms with Crippen molar-refractivity contribution in [2.75, 3.05) is 0 Å². The fraction of sp³-hybridized carbons (Fsp3) is 0.308. The second-order valence-corrected chi connectivity index (χ2v) is 4.48. The van der Waals surface area contributed by atoms with Crippen LogP contribution in [-0.2, 0) is 17.8 Å². The Hall–Kier alpha value is -2.17. The van der Waals surface area contributed by atoms with Crippen LogP contribution in [0.15, 0.2) is 30.7 Å². The molecule has 2 aromatic rings. The molecule has 18 heavy (non-hydrogen) atoms. The summed E-state index contributed by atoms with van der Waals surface area (Å²) in [5, 5.41) is 9.12. The number of fused-ring (bicyclic) bond motifs is 1. The molecule has 3 rings (SSSR count). The zero-order chi connectivity index (χ0) is 12.5. The van der Waals surface area contributed by atoms with Gasteiger partial charge < -0.3 is 9.67 Å². The van der Waals surface area contributed by atoms with E-state index in [9.17, 15) is 4.79 Å². The summed E-state index contributed by atoms with van der Waals surface area (Å²) in [6, 6.07) is 5.66. The van der Waals surface area contributed by atoms with Crippen LogP contribution >= 0.6 is 0 Å². The van der Waals surface area contributed by atoms with Gasteiger partial charge in [0, 0.05) is 24.9 Å². The first-order chi connectivity index (χ1) is 8.75. The van der Waals surface area contributed by atoms with Gasteiger partial charge in [0.1, 0.15) is 5.69 Å². The van der Waals surface area contributed by atoms with Crippen molar-refractivity contribution >= 4 is 5.97 Å². The zero-order valence-corrected chi connectivity index (χ0v) is 9.78. The molecule has 1 aliphatic heterocycles. The molecule has 0 saturated heterocycles. The molecule has 1 atom stereocenters. The van der Waals surface area contributed by atoms with E-state index in [1.807, 2.05) is 22.8 Å². The van der Waals surface area contributed by atoms with Crippen LogP contribution < -0.4 is 0 Å². The van der Waals surface area contributed by atoms with Gasteiger partial charge in [0.15, 0.2) is 0 Å². The lowest BCUT2D eigenvalue weighted by molar-refractivity contribution is -0.142. The van der Waals surface area contributed by atoms with Crippen LogP contribution in [0.5, 0.6) is 0 Å². The molecule has 5 nitrogen and oxygen atoms in total. The highest BCUT2D eigenvalue weighted by Crippen LogP contribution is 2.28. The van der Waals surface area contributed by atoms with Gasteiger partial charge in [0.2, 0.25) is 0 Å². The third-order valence-electron chi connectivity index (χ3n) is 3.36. The molecule has 3 heterocycles. The Bertz CT molecular complexity index is 577. The molecule has 0 bridgehead atoms. The Morgan fingerprint density at radius 1 is 1.39 bits per heavy atom. The van der Waals surface area contributed by atoms with E-state index in [2.05, 4.69) is 9.97 Å². The van der Waals surface area contributed by atoms with Crippen LogP contribution in [-0.4, -0.2) is 25.6 Å². The Morgan fingerprint density at radius 3 is 3.00 bits per heavy atom. The van der Waals surface area contributed by atoms with Crippen molar-refractivity contribution in [3.8, 4) is 11.4 Å². The number of nitrogens with zero attached hydrogens (tertiary/aromatic N) is 3.